The highest BCUT2D eigenvalue weighted by Gasteiger charge is 2.43. The van der Waals surface area contributed by atoms with Gasteiger partial charge in [0.1, 0.15) is 0 Å². The first-order valence-corrected chi connectivity index (χ1v) is 10.0. The summed E-state index contributed by atoms with van der Waals surface area (Å²) in [4.78, 5) is 24.2. The fourth-order valence-electron chi connectivity index (χ4n) is 3.44. The molecule has 1 N–H and O–H groups in total. The molecule has 156 valence electrons. The molecule has 0 fully saturated rings. The molecule has 0 saturated heterocycles. The minimum absolute atomic E-state index is 0.0892. The number of hydrogen-bond acceptors (Lipinski definition) is 5. The molecule has 0 saturated carbocycles. The predicted molar refractivity (Wildman–Crippen MR) is 121 cm³/mol. The Morgan fingerprint density at radius 1 is 1.10 bits per heavy atom. The Labute approximate surface area is 188 Å². The van der Waals surface area contributed by atoms with Crippen LogP contribution >= 0.6 is 23.2 Å². The minimum atomic E-state index is -1.20. The first-order chi connectivity index (χ1) is 14.8. The van der Waals surface area contributed by atoms with E-state index in [2.05, 4.69) is 10.4 Å². The molecule has 9 heteroatoms. The van der Waals surface area contributed by atoms with Gasteiger partial charge in [-0.15, -0.1) is 0 Å². The lowest BCUT2D eigenvalue weighted by atomic mass is 9.95. The van der Waals surface area contributed by atoms with E-state index in [0.717, 1.165) is 0 Å². The molecule has 31 heavy (non-hydrogen) atoms. The molecular formula is C22H16Cl2N4O3. The van der Waals surface area contributed by atoms with E-state index in [0.29, 0.717) is 32.4 Å². The maximum absolute atomic E-state index is 13.4. The summed E-state index contributed by atoms with van der Waals surface area (Å²) in [6, 6.07) is 18.2. The summed E-state index contributed by atoms with van der Waals surface area (Å²) in [6.07, 6.45) is 1.44. The number of nitro groups is 1. The van der Waals surface area contributed by atoms with E-state index in [1.807, 2.05) is 0 Å². The first-order valence-electron chi connectivity index (χ1n) is 9.26. The maximum Gasteiger partial charge on any atom is 0.278 e. The van der Waals surface area contributed by atoms with E-state index >= 15 is 0 Å². The molecule has 1 amide bonds. The summed E-state index contributed by atoms with van der Waals surface area (Å²) < 4.78 is 0. The Morgan fingerprint density at radius 3 is 2.61 bits per heavy atom. The van der Waals surface area contributed by atoms with Crippen molar-refractivity contribution in [3.05, 3.63) is 104 Å². The van der Waals surface area contributed by atoms with E-state index < -0.39 is 10.6 Å². The smallest absolute Gasteiger partial charge is 0.278 e. The van der Waals surface area contributed by atoms with Crippen LogP contribution in [0.5, 0.6) is 0 Å². The zero-order valence-electron chi connectivity index (χ0n) is 16.3. The van der Waals surface area contributed by atoms with Crippen molar-refractivity contribution >= 4 is 46.7 Å². The highest BCUT2D eigenvalue weighted by atomic mass is 35.5. The second-order valence-corrected chi connectivity index (χ2v) is 7.84. The monoisotopic (exact) mass is 454 g/mol. The van der Waals surface area contributed by atoms with Crippen LogP contribution in [0.2, 0.25) is 10.0 Å². The van der Waals surface area contributed by atoms with Gasteiger partial charge < -0.3 is 5.32 Å². The van der Waals surface area contributed by atoms with E-state index in [1.54, 1.807) is 61.5 Å². The number of nitrogens with zero attached hydrogens (tertiary/aromatic N) is 3. The lowest BCUT2D eigenvalue weighted by molar-refractivity contribution is -0.385. The summed E-state index contributed by atoms with van der Waals surface area (Å²) in [7, 11) is 0. The van der Waals surface area contributed by atoms with Crippen LogP contribution in [0, 0.1) is 10.1 Å². The number of carbonyl (C=O) groups excluding carboxylic acids is 1. The first kappa shape index (κ1) is 20.8. The zero-order chi connectivity index (χ0) is 22.2. The standard InChI is InChI=1S/C22H16Cl2N4O3/c1-22(15-7-5-8-16(12-15)28(30)31)26-19-11-3-2-9-17(19)21(29)27(22)25-13-14-6-4-10-18(23)20(14)24/h2-13,26H,1H3/b25-13-/t22-/m1/s1. The molecule has 7 nitrogen and oxygen atoms in total. The number of amides is 1. The van der Waals surface area contributed by atoms with Crippen LogP contribution in [0.25, 0.3) is 0 Å². The third-order valence-corrected chi connectivity index (χ3v) is 5.90. The van der Waals surface area contributed by atoms with E-state index in [1.165, 1.54) is 23.4 Å². The van der Waals surface area contributed by atoms with Gasteiger partial charge in [0, 0.05) is 28.9 Å². The highest BCUT2D eigenvalue weighted by Crippen LogP contribution is 2.39. The van der Waals surface area contributed by atoms with Gasteiger partial charge in [-0.05, 0) is 25.1 Å². The number of halogens is 2. The van der Waals surface area contributed by atoms with Gasteiger partial charge in [-0.25, -0.2) is 0 Å². The number of hydrazone groups is 1. The van der Waals surface area contributed by atoms with Crippen LogP contribution in [0.15, 0.2) is 71.8 Å². The van der Waals surface area contributed by atoms with E-state index in [9.17, 15) is 14.9 Å². The average molecular weight is 455 g/mol. The van der Waals surface area contributed by atoms with Crippen molar-refractivity contribution in [2.75, 3.05) is 5.32 Å². The number of para-hydroxylation sites is 1. The number of benzene rings is 3. The molecular weight excluding hydrogens is 439 g/mol. The number of nitro benzene ring substituents is 1. The van der Waals surface area contributed by atoms with Crippen LogP contribution in [-0.2, 0) is 5.66 Å². The molecule has 0 spiro atoms. The summed E-state index contributed by atoms with van der Waals surface area (Å²) in [5.74, 6) is -0.363. The second-order valence-electron chi connectivity index (χ2n) is 7.05. The van der Waals surface area contributed by atoms with Gasteiger partial charge in [0.15, 0.2) is 5.66 Å². The van der Waals surface area contributed by atoms with Gasteiger partial charge in [0.25, 0.3) is 11.6 Å². The highest BCUT2D eigenvalue weighted by molar-refractivity contribution is 6.43. The lowest BCUT2D eigenvalue weighted by Gasteiger charge is -2.43. The normalized spacial score (nSPS) is 18.0. The van der Waals surface area contributed by atoms with Crippen molar-refractivity contribution in [3.8, 4) is 0 Å². The molecule has 1 heterocycles. The molecule has 0 bridgehead atoms. The van der Waals surface area contributed by atoms with Gasteiger partial charge in [0.05, 0.1) is 26.7 Å². The largest absolute Gasteiger partial charge is 0.357 e. The lowest BCUT2D eigenvalue weighted by Crippen LogP contribution is -2.53. The number of carbonyl (C=O) groups is 1. The molecule has 1 aliphatic rings. The second kappa shape index (κ2) is 8.02. The Bertz CT molecular complexity index is 1230. The molecule has 3 aromatic carbocycles. The van der Waals surface area contributed by atoms with Gasteiger partial charge >= 0.3 is 0 Å². The van der Waals surface area contributed by atoms with E-state index in [-0.39, 0.29) is 11.6 Å². The molecule has 0 aliphatic carbocycles. The topological polar surface area (TPSA) is 87.8 Å². The number of anilines is 1. The van der Waals surface area contributed by atoms with Gasteiger partial charge in [-0.1, -0.05) is 59.6 Å². The summed E-state index contributed by atoms with van der Waals surface area (Å²) in [6.45, 7) is 1.73. The van der Waals surface area contributed by atoms with Crippen LogP contribution in [0.3, 0.4) is 0 Å². The fraction of sp³-hybridized carbons (Fsp3) is 0.0909. The molecule has 0 radical (unpaired) electrons. The molecule has 3 aromatic rings. The Kier molecular flexibility index (Phi) is 5.39. The number of rotatable bonds is 4. The quantitative estimate of drug-likeness (QED) is 0.312. The summed E-state index contributed by atoms with van der Waals surface area (Å²) >= 11 is 12.3. The molecule has 4 rings (SSSR count). The van der Waals surface area contributed by atoms with Crippen molar-refractivity contribution in [3.63, 3.8) is 0 Å². The van der Waals surface area contributed by atoms with Crippen LogP contribution < -0.4 is 5.32 Å². The predicted octanol–water partition coefficient (Wildman–Crippen LogP) is 5.68. The Balaban J connectivity index is 1.85. The van der Waals surface area contributed by atoms with Gasteiger partial charge in [-0.3, -0.25) is 14.9 Å². The molecule has 0 unspecified atom stereocenters. The third kappa shape index (κ3) is 3.73. The minimum Gasteiger partial charge on any atom is -0.357 e. The number of hydrogen-bond donors (Lipinski definition) is 1. The number of fused-ring (bicyclic) bond motifs is 1. The van der Waals surface area contributed by atoms with E-state index in [4.69, 9.17) is 23.2 Å². The fourth-order valence-corrected chi connectivity index (χ4v) is 3.79. The van der Waals surface area contributed by atoms with Gasteiger partial charge in [0.2, 0.25) is 0 Å². The van der Waals surface area contributed by atoms with Crippen molar-refractivity contribution in [2.24, 2.45) is 5.10 Å². The van der Waals surface area contributed by atoms with Crippen LogP contribution in [0.4, 0.5) is 11.4 Å². The number of non-ortho nitro benzene ring substituents is 1. The summed E-state index contributed by atoms with van der Waals surface area (Å²) in [5, 5.41) is 21.0. The molecule has 0 aromatic heterocycles. The Morgan fingerprint density at radius 2 is 1.84 bits per heavy atom. The molecule has 1 aliphatic heterocycles. The third-order valence-electron chi connectivity index (χ3n) is 5.06. The van der Waals surface area contributed by atoms with Crippen LogP contribution in [0.1, 0.15) is 28.4 Å². The average Bonchev–Trinajstić information content (AvgIpc) is 2.76. The van der Waals surface area contributed by atoms with Crippen molar-refractivity contribution in [2.45, 2.75) is 12.6 Å². The SMILES string of the molecule is C[C@@]1(c2cccc([N+](=O)[O-])c2)Nc2ccccc2C(=O)N1/N=C\c1cccc(Cl)c1Cl. The van der Waals surface area contributed by atoms with Crippen molar-refractivity contribution in [1.29, 1.82) is 0 Å². The Hall–Kier alpha value is -3.42. The maximum atomic E-state index is 13.4. The van der Waals surface area contributed by atoms with Gasteiger partial charge in [-0.2, -0.15) is 10.1 Å². The summed E-state index contributed by atoms with van der Waals surface area (Å²) in [5.41, 5.74) is 0.780. The molecule has 1 atom stereocenters. The van der Waals surface area contributed by atoms with Crippen molar-refractivity contribution < 1.29 is 9.72 Å². The van der Waals surface area contributed by atoms with Crippen molar-refractivity contribution in [1.82, 2.24) is 5.01 Å². The zero-order valence-corrected chi connectivity index (χ0v) is 17.8. The van der Waals surface area contributed by atoms with Crippen LogP contribution in [-0.4, -0.2) is 22.1 Å². The number of nitrogens with one attached hydrogen (secondary N) is 1.